The zero-order valence-corrected chi connectivity index (χ0v) is 11.7. The Bertz CT molecular complexity index is 582. The molecule has 1 aliphatic heterocycles. The van der Waals surface area contributed by atoms with Gasteiger partial charge in [-0.05, 0) is 29.5 Å². The van der Waals surface area contributed by atoms with Crippen LogP contribution in [0.4, 0.5) is 0 Å². The molecule has 20 heavy (non-hydrogen) atoms. The highest BCUT2D eigenvalue weighted by Crippen LogP contribution is 2.19. The van der Waals surface area contributed by atoms with E-state index in [1.54, 1.807) is 4.90 Å². The van der Waals surface area contributed by atoms with Crippen molar-refractivity contribution in [3.63, 3.8) is 0 Å². The summed E-state index contributed by atoms with van der Waals surface area (Å²) >= 11 is 1.53. The van der Waals surface area contributed by atoms with E-state index in [1.807, 2.05) is 17.5 Å². The van der Waals surface area contributed by atoms with Crippen molar-refractivity contribution in [2.45, 2.75) is 25.5 Å². The Morgan fingerprint density at radius 1 is 1.55 bits per heavy atom. The maximum atomic E-state index is 12.1. The number of carbonyl (C=O) groups excluding carboxylic acids is 1. The van der Waals surface area contributed by atoms with Crippen molar-refractivity contribution < 1.29 is 9.90 Å². The van der Waals surface area contributed by atoms with Gasteiger partial charge in [0.1, 0.15) is 6.54 Å². The van der Waals surface area contributed by atoms with Gasteiger partial charge in [-0.3, -0.25) is 4.79 Å². The van der Waals surface area contributed by atoms with E-state index in [0.717, 1.165) is 17.7 Å². The van der Waals surface area contributed by atoms with Gasteiger partial charge in [-0.1, -0.05) is 6.07 Å². The topological polar surface area (TPSA) is 84.1 Å². The van der Waals surface area contributed by atoms with Crippen molar-refractivity contribution >= 4 is 17.2 Å². The van der Waals surface area contributed by atoms with E-state index < -0.39 is 6.10 Å². The number of thiophene rings is 1. The van der Waals surface area contributed by atoms with E-state index in [-0.39, 0.29) is 12.5 Å². The number of likely N-dealkylation sites (tertiary alicyclic amines) is 1. The Kier molecular flexibility index (Phi) is 3.75. The molecule has 1 amide bonds. The molecule has 1 atom stereocenters. The number of aliphatic hydroxyl groups is 1. The molecule has 1 aliphatic rings. The summed E-state index contributed by atoms with van der Waals surface area (Å²) in [6.07, 6.45) is 1.17. The summed E-state index contributed by atoms with van der Waals surface area (Å²) in [4.78, 5) is 16.0. The summed E-state index contributed by atoms with van der Waals surface area (Å²) in [5.74, 6) is 0.449. The van der Waals surface area contributed by atoms with E-state index in [4.69, 9.17) is 0 Å². The van der Waals surface area contributed by atoms with Crippen LogP contribution in [0, 0.1) is 0 Å². The number of tetrazole rings is 1. The number of piperidine rings is 1. The number of amides is 1. The number of rotatable bonds is 3. The van der Waals surface area contributed by atoms with Crippen molar-refractivity contribution in [3.8, 4) is 10.7 Å². The fourth-order valence-electron chi connectivity index (χ4n) is 2.22. The number of aliphatic hydroxyl groups excluding tert-OH is 1. The minimum absolute atomic E-state index is 0.0606. The molecule has 1 N–H and O–H groups in total. The van der Waals surface area contributed by atoms with Gasteiger partial charge in [-0.2, -0.15) is 4.80 Å². The lowest BCUT2D eigenvalue weighted by atomic mass is 10.1. The van der Waals surface area contributed by atoms with Gasteiger partial charge in [0.2, 0.25) is 11.7 Å². The second-order valence-corrected chi connectivity index (χ2v) is 5.70. The first-order chi connectivity index (χ1) is 9.72. The fourth-order valence-corrected chi connectivity index (χ4v) is 2.86. The van der Waals surface area contributed by atoms with Gasteiger partial charge in [0.25, 0.3) is 0 Å². The minimum atomic E-state index is -0.418. The van der Waals surface area contributed by atoms with Crippen LogP contribution in [0.2, 0.25) is 0 Å². The fraction of sp³-hybridized carbons (Fsp3) is 0.500. The largest absolute Gasteiger partial charge is 0.391 e. The van der Waals surface area contributed by atoms with Crippen LogP contribution in [0.3, 0.4) is 0 Å². The minimum Gasteiger partial charge on any atom is -0.391 e. The average Bonchev–Trinajstić information content (AvgIpc) is 3.08. The SMILES string of the molecule is O=C(Cn1nnc(-c2cccs2)n1)N1CCCC(O)C1. The van der Waals surface area contributed by atoms with Crippen LogP contribution in [0.1, 0.15) is 12.8 Å². The Morgan fingerprint density at radius 3 is 3.20 bits per heavy atom. The lowest BCUT2D eigenvalue weighted by Gasteiger charge is -2.29. The van der Waals surface area contributed by atoms with Gasteiger partial charge in [0, 0.05) is 13.1 Å². The van der Waals surface area contributed by atoms with Crippen molar-refractivity contribution in [2.24, 2.45) is 0 Å². The molecule has 1 unspecified atom stereocenters. The zero-order chi connectivity index (χ0) is 13.9. The summed E-state index contributed by atoms with van der Waals surface area (Å²) in [7, 11) is 0. The van der Waals surface area contributed by atoms with Gasteiger partial charge in [0.15, 0.2) is 0 Å². The van der Waals surface area contributed by atoms with Crippen LogP contribution in [-0.2, 0) is 11.3 Å². The molecule has 0 aliphatic carbocycles. The number of β-amino-alcohol motifs (C(OH)–C–C–N with tert-alkyl or cyclic N) is 1. The standard InChI is InChI=1S/C12H15N5O2S/c18-9-3-1-5-16(7-9)11(19)8-17-14-12(13-15-17)10-4-2-6-20-10/h2,4,6,9,18H,1,3,5,7-8H2. The zero-order valence-electron chi connectivity index (χ0n) is 10.8. The molecule has 1 saturated heterocycles. The van der Waals surface area contributed by atoms with Gasteiger partial charge in [-0.25, -0.2) is 0 Å². The normalized spacial score (nSPS) is 19.2. The van der Waals surface area contributed by atoms with Crippen molar-refractivity contribution in [3.05, 3.63) is 17.5 Å². The smallest absolute Gasteiger partial charge is 0.246 e. The number of carbonyl (C=O) groups is 1. The first-order valence-corrected chi connectivity index (χ1v) is 7.38. The Labute approximate surface area is 119 Å². The van der Waals surface area contributed by atoms with Crippen molar-refractivity contribution in [2.75, 3.05) is 13.1 Å². The summed E-state index contributed by atoms with van der Waals surface area (Å²) in [5, 5.41) is 23.6. The predicted molar refractivity (Wildman–Crippen MR) is 73.0 cm³/mol. The van der Waals surface area contributed by atoms with E-state index in [0.29, 0.717) is 18.9 Å². The van der Waals surface area contributed by atoms with Gasteiger partial charge in [-0.15, -0.1) is 21.5 Å². The third kappa shape index (κ3) is 2.86. The van der Waals surface area contributed by atoms with Crippen molar-refractivity contribution in [1.82, 2.24) is 25.1 Å². The lowest BCUT2D eigenvalue weighted by molar-refractivity contribution is -0.135. The predicted octanol–water partition coefficient (Wildman–Crippen LogP) is 0.385. The molecule has 0 spiro atoms. The summed E-state index contributed by atoms with van der Waals surface area (Å²) in [6, 6.07) is 3.83. The van der Waals surface area contributed by atoms with Gasteiger partial charge in [0.05, 0.1) is 11.0 Å². The number of nitrogens with zero attached hydrogens (tertiary/aromatic N) is 5. The summed E-state index contributed by atoms with van der Waals surface area (Å²) in [6.45, 7) is 1.14. The molecule has 3 rings (SSSR count). The molecule has 8 heteroatoms. The molecule has 0 saturated carbocycles. The Balaban J connectivity index is 1.64. The molecule has 3 heterocycles. The lowest BCUT2D eigenvalue weighted by Crippen LogP contribution is -2.43. The highest BCUT2D eigenvalue weighted by atomic mass is 32.1. The van der Waals surface area contributed by atoms with Gasteiger partial charge < -0.3 is 10.0 Å². The van der Waals surface area contributed by atoms with E-state index in [2.05, 4.69) is 15.4 Å². The monoisotopic (exact) mass is 293 g/mol. The molecule has 0 aromatic carbocycles. The van der Waals surface area contributed by atoms with Crippen LogP contribution >= 0.6 is 11.3 Å². The second kappa shape index (κ2) is 5.68. The van der Waals surface area contributed by atoms with E-state index in [1.165, 1.54) is 16.1 Å². The number of hydrogen-bond acceptors (Lipinski definition) is 6. The molecule has 0 radical (unpaired) electrons. The molecule has 1 fully saturated rings. The molecule has 7 nitrogen and oxygen atoms in total. The quantitative estimate of drug-likeness (QED) is 0.884. The second-order valence-electron chi connectivity index (χ2n) is 4.76. The van der Waals surface area contributed by atoms with Crippen LogP contribution in [-0.4, -0.2) is 55.3 Å². The van der Waals surface area contributed by atoms with Crippen LogP contribution in [0.5, 0.6) is 0 Å². The van der Waals surface area contributed by atoms with Gasteiger partial charge >= 0.3 is 0 Å². The van der Waals surface area contributed by atoms with E-state index in [9.17, 15) is 9.90 Å². The molecular formula is C12H15N5O2S. The van der Waals surface area contributed by atoms with Crippen molar-refractivity contribution in [1.29, 1.82) is 0 Å². The highest BCUT2D eigenvalue weighted by Gasteiger charge is 2.22. The molecular weight excluding hydrogens is 278 g/mol. The number of aromatic nitrogens is 4. The highest BCUT2D eigenvalue weighted by molar-refractivity contribution is 7.13. The van der Waals surface area contributed by atoms with Crippen LogP contribution in [0.25, 0.3) is 10.7 Å². The number of hydrogen-bond donors (Lipinski definition) is 1. The molecule has 2 aromatic rings. The third-order valence-electron chi connectivity index (χ3n) is 3.22. The maximum Gasteiger partial charge on any atom is 0.246 e. The summed E-state index contributed by atoms with van der Waals surface area (Å²) < 4.78 is 0. The molecule has 0 bridgehead atoms. The average molecular weight is 293 g/mol. The van der Waals surface area contributed by atoms with Crippen LogP contribution < -0.4 is 0 Å². The van der Waals surface area contributed by atoms with E-state index >= 15 is 0 Å². The maximum absolute atomic E-state index is 12.1. The first-order valence-electron chi connectivity index (χ1n) is 6.50. The molecule has 2 aromatic heterocycles. The Morgan fingerprint density at radius 2 is 2.45 bits per heavy atom. The summed E-state index contributed by atoms with van der Waals surface area (Å²) in [5.41, 5.74) is 0. The third-order valence-corrected chi connectivity index (χ3v) is 4.09. The van der Waals surface area contributed by atoms with Crippen LogP contribution in [0.15, 0.2) is 17.5 Å². The molecule has 106 valence electrons. The first kappa shape index (κ1) is 13.2. The Hall–Kier alpha value is -1.80.